The number of benzene rings is 1. The summed E-state index contributed by atoms with van der Waals surface area (Å²) in [6.45, 7) is 8.63. The molecule has 0 aromatic heterocycles. The van der Waals surface area contributed by atoms with Crippen molar-refractivity contribution in [1.82, 2.24) is 10.2 Å². The van der Waals surface area contributed by atoms with Crippen LogP contribution in [0, 0.1) is 29.1 Å². The number of carbonyl (C=O) groups excluding carboxylic acids is 5. The van der Waals surface area contributed by atoms with Crippen molar-refractivity contribution in [1.29, 1.82) is 0 Å². The molecule has 4 rings (SSSR count). The Hall–Kier alpha value is -2.66. The van der Waals surface area contributed by atoms with Crippen LogP contribution in [-0.4, -0.2) is 75.9 Å². The number of fused-ring (bicyclic) bond motifs is 3. The van der Waals surface area contributed by atoms with Gasteiger partial charge in [0.2, 0.25) is 5.91 Å². The number of aliphatic hydroxyl groups is 1. The summed E-state index contributed by atoms with van der Waals surface area (Å²) in [6, 6.07) is 0.354. The molecule has 3 aliphatic carbocycles. The summed E-state index contributed by atoms with van der Waals surface area (Å²) in [5.74, 6) is -10.8. The molecule has 212 valence electrons. The number of ketones is 4. The molecule has 0 spiro atoms. The second kappa shape index (κ2) is 9.76. The normalized spacial score (nSPS) is 31.6. The molecule has 1 amide bonds. The number of hydrogen-bond donors (Lipinski definition) is 4. The highest BCUT2D eigenvalue weighted by Gasteiger charge is 2.69. The number of Topliss-reactive ketones (excluding diaryl/α,β-unsaturated/α-hetero) is 4. The molecule has 0 radical (unpaired) electrons. The molecule has 0 heterocycles. The van der Waals surface area contributed by atoms with Crippen LogP contribution in [0.5, 0.6) is 5.75 Å². The Kier molecular flexibility index (Phi) is 7.34. The van der Waals surface area contributed by atoms with E-state index in [-0.39, 0.29) is 35.6 Å². The number of nitrogens with two attached hydrogens (primary N) is 1. The molecule has 2 saturated carbocycles. The van der Waals surface area contributed by atoms with E-state index in [9.17, 15) is 34.2 Å². The Morgan fingerprint density at radius 2 is 1.85 bits per heavy atom. The van der Waals surface area contributed by atoms with Gasteiger partial charge < -0.3 is 21.3 Å². The van der Waals surface area contributed by atoms with Crippen LogP contribution >= 0.6 is 11.6 Å². The number of nitrogens with zero attached hydrogens (tertiary/aromatic N) is 1. The maximum Gasteiger partial charge on any atom is 0.235 e. The van der Waals surface area contributed by atoms with Gasteiger partial charge in [0.25, 0.3) is 0 Å². The Bertz CT molecular complexity index is 1290. The number of aromatic hydroxyl groups is 1. The summed E-state index contributed by atoms with van der Waals surface area (Å²) < 4.78 is 0. The van der Waals surface area contributed by atoms with Gasteiger partial charge in [0.05, 0.1) is 17.5 Å². The molecule has 11 heteroatoms. The topological polar surface area (TPSA) is 167 Å². The molecule has 5 N–H and O–H groups in total. The van der Waals surface area contributed by atoms with Crippen molar-refractivity contribution in [2.45, 2.75) is 64.8 Å². The number of likely N-dealkylation sites (N-methyl/N-ethyl adjacent to an activating group) is 1. The Morgan fingerprint density at radius 1 is 1.23 bits per heavy atom. The predicted octanol–water partition coefficient (Wildman–Crippen LogP) is 1.04. The highest BCUT2D eigenvalue weighted by atomic mass is 35.5. The number of rotatable bonds is 5. The standard InChI is InChI=1S/C28H36ClN3O7/c1-11(27(2,3)4)31-10-13-9-16(33)18-14(20(13)29)7-12-8-15-21(32(5)6)23(35)19(26(30)38)25(37)28(15,39)24(36)17(12)22(18)34/h9,11-12,15,17,19,21,31,33,39H,7-8,10H2,1-6H3,(H2,30,38)/t11-,12+,15+,17?,19?,21+,28+/m1/s1. The number of phenols is 1. The minimum atomic E-state index is -2.75. The molecule has 1 aromatic rings. The number of amides is 1. The largest absolute Gasteiger partial charge is 0.507 e. The van der Waals surface area contributed by atoms with Crippen LogP contribution in [0.3, 0.4) is 0 Å². The van der Waals surface area contributed by atoms with E-state index in [1.165, 1.54) is 11.0 Å². The zero-order valence-corrected chi connectivity index (χ0v) is 23.8. The summed E-state index contributed by atoms with van der Waals surface area (Å²) in [7, 11) is 3.09. The van der Waals surface area contributed by atoms with E-state index in [4.69, 9.17) is 17.3 Å². The summed E-state index contributed by atoms with van der Waals surface area (Å²) in [6.07, 6.45) is 0.103. The average molecular weight is 562 g/mol. The maximum atomic E-state index is 13.8. The third-order valence-corrected chi connectivity index (χ3v) is 9.44. The number of halogens is 1. The minimum Gasteiger partial charge on any atom is -0.507 e. The first-order chi connectivity index (χ1) is 17.9. The summed E-state index contributed by atoms with van der Waals surface area (Å²) in [5.41, 5.74) is 3.43. The van der Waals surface area contributed by atoms with Crippen molar-refractivity contribution in [3.8, 4) is 5.75 Å². The van der Waals surface area contributed by atoms with E-state index in [1.54, 1.807) is 14.1 Å². The monoisotopic (exact) mass is 561 g/mol. The zero-order valence-electron chi connectivity index (χ0n) is 23.0. The lowest BCUT2D eigenvalue weighted by atomic mass is 9.52. The molecule has 2 unspecified atom stereocenters. The van der Waals surface area contributed by atoms with Crippen molar-refractivity contribution in [3.05, 3.63) is 27.8 Å². The smallest absolute Gasteiger partial charge is 0.235 e. The van der Waals surface area contributed by atoms with E-state index in [1.807, 2.05) is 6.92 Å². The Morgan fingerprint density at radius 3 is 2.38 bits per heavy atom. The van der Waals surface area contributed by atoms with Crippen molar-refractivity contribution < 1.29 is 34.2 Å². The first-order valence-corrected chi connectivity index (χ1v) is 13.4. The number of nitrogens with one attached hydrogen (secondary N) is 1. The highest BCUT2D eigenvalue weighted by Crippen LogP contribution is 2.51. The molecule has 3 aliphatic rings. The third-order valence-electron chi connectivity index (χ3n) is 8.97. The van der Waals surface area contributed by atoms with Gasteiger partial charge in [0, 0.05) is 23.5 Å². The van der Waals surface area contributed by atoms with Gasteiger partial charge in [-0.1, -0.05) is 32.4 Å². The molecular weight excluding hydrogens is 526 g/mol. The predicted molar refractivity (Wildman–Crippen MR) is 142 cm³/mol. The molecule has 39 heavy (non-hydrogen) atoms. The fourth-order valence-corrected chi connectivity index (χ4v) is 6.70. The fourth-order valence-electron chi connectivity index (χ4n) is 6.41. The van der Waals surface area contributed by atoms with Gasteiger partial charge in [-0.05, 0) is 62.4 Å². The molecule has 0 saturated heterocycles. The first-order valence-electron chi connectivity index (χ1n) is 13.1. The van der Waals surface area contributed by atoms with Crippen molar-refractivity contribution >= 4 is 40.6 Å². The van der Waals surface area contributed by atoms with Crippen molar-refractivity contribution in [3.63, 3.8) is 0 Å². The van der Waals surface area contributed by atoms with E-state index in [2.05, 4.69) is 26.1 Å². The van der Waals surface area contributed by atoms with Gasteiger partial charge in [-0.25, -0.2) is 0 Å². The van der Waals surface area contributed by atoms with Crippen LogP contribution in [0.4, 0.5) is 0 Å². The van der Waals surface area contributed by atoms with Crippen LogP contribution in [0.2, 0.25) is 5.02 Å². The average Bonchev–Trinajstić information content (AvgIpc) is 2.81. The highest BCUT2D eigenvalue weighted by molar-refractivity contribution is 6.34. The molecule has 2 fully saturated rings. The quantitative estimate of drug-likeness (QED) is 0.384. The van der Waals surface area contributed by atoms with Crippen LogP contribution in [-0.2, 0) is 32.1 Å². The van der Waals surface area contributed by atoms with Crippen molar-refractivity contribution in [2.75, 3.05) is 14.1 Å². The van der Waals surface area contributed by atoms with E-state index in [0.29, 0.717) is 22.7 Å². The summed E-state index contributed by atoms with van der Waals surface area (Å²) in [5, 5.41) is 26.2. The third kappa shape index (κ3) is 4.41. The van der Waals surface area contributed by atoms with Crippen LogP contribution in [0.15, 0.2) is 6.07 Å². The molecule has 7 atom stereocenters. The SMILES string of the molecule is C[C@@H](NCc1cc(O)c2c(c1Cl)C[C@H]1C[C@H]3[C@H](N(C)C)C(=O)C(C(N)=O)C(=O)[C@@]3(O)C(=O)C1C2=O)C(C)(C)C. The molecular formula is C28H36ClN3O7. The van der Waals surface area contributed by atoms with E-state index < -0.39 is 64.4 Å². The molecule has 0 aliphatic heterocycles. The number of phenolic OH excluding ortho intramolecular Hbond substituents is 1. The zero-order chi connectivity index (χ0) is 29.4. The Balaban J connectivity index is 1.77. The van der Waals surface area contributed by atoms with Crippen LogP contribution < -0.4 is 11.1 Å². The second-order valence-corrected chi connectivity index (χ2v) is 12.9. The van der Waals surface area contributed by atoms with Gasteiger partial charge in [0.1, 0.15) is 5.75 Å². The fraction of sp³-hybridized carbons (Fsp3) is 0.607. The molecule has 1 aromatic carbocycles. The Labute approximate surface area is 232 Å². The van der Waals surface area contributed by atoms with E-state index >= 15 is 0 Å². The van der Waals surface area contributed by atoms with Gasteiger partial charge in [-0.3, -0.25) is 28.9 Å². The minimum absolute atomic E-state index is 0.0233. The second-order valence-electron chi connectivity index (χ2n) is 12.5. The maximum absolute atomic E-state index is 13.8. The number of hydrogen-bond acceptors (Lipinski definition) is 9. The lowest BCUT2D eigenvalue weighted by molar-refractivity contribution is -0.181. The lowest BCUT2D eigenvalue weighted by Crippen LogP contribution is -2.74. The van der Waals surface area contributed by atoms with Crippen molar-refractivity contribution in [2.24, 2.45) is 34.8 Å². The molecule has 10 nitrogen and oxygen atoms in total. The van der Waals surface area contributed by atoms with Gasteiger partial charge in [0.15, 0.2) is 34.7 Å². The number of primary amides is 1. The summed E-state index contributed by atoms with van der Waals surface area (Å²) >= 11 is 6.77. The van der Waals surface area contributed by atoms with E-state index in [0.717, 1.165) is 0 Å². The first kappa shape index (κ1) is 29.3. The number of carbonyl (C=O) groups is 5. The van der Waals surface area contributed by atoms with Crippen LogP contribution in [0.25, 0.3) is 0 Å². The van der Waals surface area contributed by atoms with Gasteiger partial charge in [-0.15, -0.1) is 0 Å². The van der Waals surface area contributed by atoms with Gasteiger partial charge >= 0.3 is 0 Å². The lowest BCUT2D eigenvalue weighted by Gasteiger charge is -2.52. The van der Waals surface area contributed by atoms with Gasteiger partial charge in [-0.2, -0.15) is 0 Å². The summed E-state index contributed by atoms with van der Waals surface area (Å²) in [4.78, 5) is 67.5. The van der Waals surface area contributed by atoms with Crippen LogP contribution in [0.1, 0.15) is 55.6 Å². The molecule has 0 bridgehead atoms.